The molecule has 0 aliphatic carbocycles. The van der Waals surface area contributed by atoms with Gasteiger partial charge in [0.2, 0.25) is 5.16 Å². The lowest BCUT2D eigenvalue weighted by atomic mass is 9.98. The smallest absolute Gasteiger partial charge is 0.313 e. The van der Waals surface area contributed by atoms with E-state index in [1.807, 2.05) is 18.2 Å². The van der Waals surface area contributed by atoms with Crippen LogP contribution in [0.4, 0.5) is 0 Å². The highest BCUT2D eigenvalue weighted by Crippen LogP contribution is 2.20. The zero-order valence-electron chi connectivity index (χ0n) is 11.1. The fourth-order valence-corrected chi connectivity index (χ4v) is 2.45. The van der Waals surface area contributed by atoms with Crippen LogP contribution in [0.2, 0.25) is 0 Å². The van der Waals surface area contributed by atoms with E-state index in [9.17, 15) is 4.79 Å². The zero-order chi connectivity index (χ0) is 14.4. The Morgan fingerprint density at radius 2 is 2.15 bits per heavy atom. The summed E-state index contributed by atoms with van der Waals surface area (Å²) in [5, 5.41) is 20.6. The van der Waals surface area contributed by atoms with Crippen molar-refractivity contribution in [2.45, 2.75) is 31.0 Å². The normalized spacial score (nSPS) is 12.2. The Morgan fingerprint density at radius 1 is 1.40 bits per heavy atom. The molecule has 20 heavy (non-hydrogen) atoms. The number of hydrogen-bond acceptors (Lipinski definition) is 5. The van der Waals surface area contributed by atoms with Gasteiger partial charge in [-0.2, -0.15) is 0 Å². The molecule has 0 radical (unpaired) electrons. The fraction of sp³-hybridized carbons (Fsp3) is 0.385. The summed E-state index contributed by atoms with van der Waals surface area (Å²) in [7, 11) is 0. The number of hydrogen-bond donors (Lipinski definition) is 1. The first-order chi connectivity index (χ1) is 9.66. The van der Waals surface area contributed by atoms with E-state index in [4.69, 9.17) is 5.11 Å². The average molecular weight is 292 g/mol. The van der Waals surface area contributed by atoms with Crippen LogP contribution in [-0.2, 0) is 11.3 Å². The third-order valence-electron chi connectivity index (χ3n) is 2.97. The molecular formula is C13H16N4O2S. The number of nitrogens with zero attached hydrogens (tertiary/aromatic N) is 4. The number of aromatic nitrogens is 4. The molecule has 0 fully saturated rings. The summed E-state index contributed by atoms with van der Waals surface area (Å²) in [6.45, 7) is 2.83. The highest BCUT2D eigenvalue weighted by molar-refractivity contribution is 7.99. The SMILES string of the molecule is CC(CCn1nnnc1SCC(=O)O)c1ccccc1. The second-order valence-corrected chi connectivity index (χ2v) is 5.41. The predicted octanol–water partition coefficient (Wildman–Crippen LogP) is 2.04. The van der Waals surface area contributed by atoms with Crippen LogP contribution in [0, 0.1) is 0 Å². The molecule has 2 aromatic rings. The van der Waals surface area contributed by atoms with Crippen LogP contribution < -0.4 is 0 Å². The van der Waals surface area contributed by atoms with Crippen molar-refractivity contribution in [3.8, 4) is 0 Å². The molecule has 2 rings (SSSR count). The van der Waals surface area contributed by atoms with Crippen LogP contribution >= 0.6 is 11.8 Å². The summed E-state index contributed by atoms with van der Waals surface area (Å²) < 4.78 is 1.66. The quantitative estimate of drug-likeness (QED) is 0.787. The van der Waals surface area contributed by atoms with Gasteiger partial charge in [-0.05, 0) is 28.3 Å². The van der Waals surface area contributed by atoms with Crippen LogP contribution in [0.5, 0.6) is 0 Å². The molecule has 1 aromatic carbocycles. The molecule has 0 saturated heterocycles. The van der Waals surface area contributed by atoms with E-state index in [1.54, 1.807) is 4.68 Å². The fourth-order valence-electron chi connectivity index (χ4n) is 1.83. The molecule has 0 bridgehead atoms. The van der Waals surface area contributed by atoms with Gasteiger partial charge in [0, 0.05) is 6.54 Å². The Bertz CT molecular complexity index is 559. The lowest BCUT2D eigenvalue weighted by molar-refractivity contribution is -0.133. The number of carbonyl (C=O) groups is 1. The number of aryl methyl sites for hydroxylation is 1. The Hall–Kier alpha value is -1.89. The first kappa shape index (κ1) is 14.5. The predicted molar refractivity (Wildman–Crippen MR) is 75.7 cm³/mol. The summed E-state index contributed by atoms with van der Waals surface area (Å²) in [6, 6.07) is 10.3. The summed E-state index contributed by atoms with van der Waals surface area (Å²) in [5.41, 5.74) is 1.28. The molecule has 1 atom stereocenters. The van der Waals surface area contributed by atoms with Crippen molar-refractivity contribution < 1.29 is 9.90 Å². The Balaban J connectivity index is 1.91. The van der Waals surface area contributed by atoms with Gasteiger partial charge >= 0.3 is 5.97 Å². The highest BCUT2D eigenvalue weighted by Gasteiger charge is 2.11. The number of benzene rings is 1. The van der Waals surface area contributed by atoms with Crippen LogP contribution in [0.15, 0.2) is 35.5 Å². The minimum absolute atomic E-state index is 0.0331. The lowest BCUT2D eigenvalue weighted by Crippen LogP contribution is -2.07. The molecule has 1 N–H and O–H groups in total. The van der Waals surface area contributed by atoms with Crippen molar-refractivity contribution in [3.05, 3.63) is 35.9 Å². The molecular weight excluding hydrogens is 276 g/mol. The topological polar surface area (TPSA) is 80.9 Å². The van der Waals surface area contributed by atoms with Gasteiger partial charge in [-0.15, -0.1) is 5.10 Å². The van der Waals surface area contributed by atoms with E-state index >= 15 is 0 Å². The maximum absolute atomic E-state index is 10.6. The van der Waals surface area contributed by atoms with Crippen molar-refractivity contribution in [2.24, 2.45) is 0 Å². The molecule has 7 heteroatoms. The largest absolute Gasteiger partial charge is 0.481 e. The van der Waals surface area contributed by atoms with Gasteiger partial charge in [0.15, 0.2) is 0 Å². The van der Waals surface area contributed by atoms with Crippen LogP contribution in [0.25, 0.3) is 0 Å². The van der Waals surface area contributed by atoms with Gasteiger partial charge < -0.3 is 5.11 Å². The third kappa shape index (κ3) is 4.06. The average Bonchev–Trinajstić information content (AvgIpc) is 2.91. The van der Waals surface area contributed by atoms with Crippen molar-refractivity contribution in [1.29, 1.82) is 0 Å². The monoisotopic (exact) mass is 292 g/mol. The number of tetrazole rings is 1. The first-order valence-corrected chi connectivity index (χ1v) is 7.31. The van der Waals surface area contributed by atoms with Crippen LogP contribution in [-0.4, -0.2) is 37.0 Å². The van der Waals surface area contributed by atoms with E-state index in [2.05, 4.69) is 34.6 Å². The van der Waals surface area contributed by atoms with E-state index in [0.29, 0.717) is 17.6 Å². The van der Waals surface area contributed by atoms with Crippen molar-refractivity contribution >= 4 is 17.7 Å². The maximum atomic E-state index is 10.6. The number of thioether (sulfide) groups is 1. The molecule has 1 aromatic heterocycles. The third-order valence-corrected chi connectivity index (χ3v) is 3.91. The van der Waals surface area contributed by atoms with Crippen LogP contribution in [0.3, 0.4) is 0 Å². The number of carboxylic acid groups (broad SMARTS) is 1. The van der Waals surface area contributed by atoms with Gasteiger partial charge in [0.1, 0.15) is 0 Å². The minimum atomic E-state index is -0.873. The van der Waals surface area contributed by atoms with Gasteiger partial charge in [-0.1, -0.05) is 49.0 Å². The molecule has 0 amide bonds. The Kier molecular flexibility index (Phi) is 5.11. The minimum Gasteiger partial charge on any atom is -0.481 e. The van der Waals surface area contributed by atoms with E-state index in [1.165, 1.54) is 5.56 Å². The molecule has 0 aliphatic heterocycles. The zero-order valence-corrected chi connectivity index (χ0v) is 12.0. The second kappa shape index (κ2) is 7.04. The highest BCUT2D eigenvalue weighted by atomic mass is 32.2. The van der Waals surface area contributed by atoms with Crippen molar-refractivity contribution in [1.82, 2.24) is 20.2 Å². The molecule has 106 valence electrons. The van der Waals surface area contributed by atoms with Crippen molar-refractivity contribution in [2.75, 3.05) is 5.75 Å². The number of carboxylic acids is 1. The molecule has 1 unspecified atom stereocenters. The summed E-state index contributed by atoms with van der Waals surface area (Å²) >= 11 is 1.14. The molecule has 1 heterocycles. The first-order valence-electron chi connectivity index (χ1n) is 6.32. The summed E-state index contributed by atoms with van der Waals surface area (Å²) in [4.78, 5) is 10.6. The summed E-state index contributed by atoms with van der Waals surface area (Å²) in [5.74, 6) is -0.505. The second-order valence-electron chi connectivity index (χ2n) is 4.47. The van der Waals surface area contributed by atoms with Gasteiger partial charge in [-0.25, -0.2) is 4.68 Å². The molecule has 0 saturated carbocycles. The molecule has 0 spiro atoms. The standard InChI is InChI=1S/C13H16N4O2S/c1-10(11-5-3-2-4-6-11)7-8-17-13(14-15-16-17)20-9-12(18)19/h2-6,10H,7-9H2,1H3,(H,18,19). The van der Waals surface area contributed by atoms with Gasteiger partial charge in [0.05, 0.1) is 5.75 Å². The molecule has 6 nitrogen and oxygen atoms in total. The van der Waals surface area contributed by atoms with Gasteiger partial charge in [-0.3, -0.25) is 4.79 Å². The maximum Gasteiger partial charge on any atom is 0.313 e. The van der Waals surface area contributed by atoms with E-state index < -0.39 is 5.97 Å². The van der Waals surface area contributed by atoms with Crippen molar-refractivity contribution in [3.63, 3.8) is 0 Å². The molecule has 0 aliphatic rings. The Morgan fingerprint density at radius 3 is 2.85 bits per heavy atom. The lowest BCUT2D eigenvalue weighted by Gasteiger charge is -2.11. The van der Waals surface area contributed by atoms with Gasteiger partial charge in [0.25, 0.3) is 0 Å². The van der Waals surface area contributed by atoms with Crippen LogP contribution in [0.1, 0.15) is 24.8 Å². The van der Waals surface area contributed by atoms with E-state index in [-0.39, 0.29) is 5.75 Å². The number of rotatable bonds is 7. The summed E-state index contributed by atoms with van der Waals surface area (Å²) in [6.07, 6.45) is 0.898. The van der Waals surface area contributed by atoms with E-state index in [0.717, 1.165) is 18.2 Å². The number of aliphatic carboxylic acids is 1. The Labute approximate surface area is 121 Å².